The molecule has 0 bridgehead atoms. The quantitative estimate of drug-likeness (QED) is 0.862. The molecule has 1 atom stereocenters. The predicted molar refractivity (Wildman–Crippen MR) is 84.6 cm³/mol. The molecule has 0 saturated heterocycles. The van der Waals surface area contributed by atoms with Gasteiger partial charge in [-0.2, -0.15) is 0 Å². The van der Waals surface area contributed by atoms with E-state index in [0.29, 0.717) is 11.3 Å². The molecule has 22 heavy (non-hydrogen) atoms. The molecule has 1 N–H and O–H groups in total. The molecular formula is C18H20O4. The first-order chi connectivity index (χ1) is 10.5. The smallest absolute Gasteiger partial charge is 0.342 e. The highest BCUT2D eigenvalue weighted by Crippen LogP contribution is 2.34. The van der Waals surface area contributed by atoms with Crippen molar-refractivity contribution in [2.75, 3.05) is 13.7 Å². The van der Waals surface area contributed by atoms with E-state index in [1.807, 2.05) is 36.4 Å². The second kappa shape index (κ2) is 6.62. The SMILES string of the molecule is CCOC(=O)C(C)(O)c1ccc(-c2ccccc2)cc1OC. The van der Waals surface area contributed by atoms with Crippen LogP contribution >= 0.6 is 0 Å². The molecule has 0 aliphatic heterocycles. The molecule has 1 unspecified atom stereocenters. The number of ether oxygens (including phenoxy) is 2. The molecule has 116 valence electrons. The number of carbonyl (C=O) groups is 1. The van der Waals surface area contributed by atoms with E-state index in [2.05, 4.69) is 0 Å². The minimum Gasteiger partial charge on any atom is -0.496 e. The summed E-state index contributed by atoms with van der Waals surface area (Å²) in [4.78, 5) is 12.0. The zero-order valence-corrected chi connectivity index (χ0v) is 13.0. The summed E-state index contributed by atoms with van der Waals surface area (Å²) in [5.74, 6) is -0.250. The van der Waals surface area contributed by atoms with Gasteiger partial charge in [-0.05, 0) is 31.0 Å². The van der Waals surface area contributed by atoms with Crippen LogP contribution in [0.25, 0.3) is 11.1 Å². The standard InChI is InChI=1S/C18H20O4/c1-4-22-17(19)18(2,20)15-11-10-14(12-16(15)21-3)13-8-6-5-7-9-13/h5-12,20H,4H2,1-3H3. The molecule has 0 aromatic heterocycles. The Balaban J connectivity index is 2.44. The Labute approximate surface area is 130 Å². The second-order valence-corrected chi connectivity index (χ2v) is 5.07. The summed E-state index contributed by atoms with van der Waals surface area (Å²) in [6.45, 7) is 3.31. The topological polar surface area (TPSA) is 55.8 Å². The summed E-state index contributed by atoms with van der Waals surface area (Å²) in [6, 6.07) is 15.2. The van der Waals surface area contributed by atoms with Gasteiger partial charge < -0.3 is 14.6 Å². The maximum atomic E-state index is 12.0. The fourth-order valence-corrected chi connectivity index (χ4v) is 2.29. The van der Waals surface area contributed by atoms with Crippen LogP contribution in [0.4, 0.5) is 0 Å². The van der Waals surface area contributed by atoms with Gasteiger partial charge in [0, 0.05) is 5.56 Å². The number of carbonyl (C=O) groups excluding carboxylic acids is 1. The second-order valence-electron chi connectivity index (χ2n) is 5.07. The van der Waals surface area contributed by atoms with Crippen molar-refractivity contribution >= 4 is 5.97 Å². The molecular weight excluding hydrogens is 280 g/mol. The van der Waals surface area contributed by atoms with Crippen LogP contribution in [0.3, 0.4) is 0 Å². The molecule has 2 aromatic carbocycles. The molecule has 0 saturated carbocycles. The Morgan fingerprint density at radius 3 is 2.41 bits per heavy atom. The molecule has 0 aliphatic rings. The molecule has 0 amide bonds. The van der Waals surface area contributed by atoms with Gasteiger partial charge in [-0.25, -0.2) is 4.79 Å². The highest BCUT2D eigenvalue weighted by molar-refractivity contribution is 5.82. The molecule has 0 spiro atoms. The van der Waals surface area contributed by atoms with E-state index in [1.165, 1.54) is 14.0 Å². The Morgan fingerprint density at radius 2 is 1.82 bits per heavy atom. The number of rotatable bonds is 5. The van der Waals surface area contributed by atoms with Crippen molar-refractivity contribution in [3.63, 3.8) is 0 Å². The molecule has 4 nitrogen and oxygen atoms in total. The highest BCUT2D eigenvalue weighted by atomic mass is 16.5. The van der Waals surface area contributed by atoms with Gasteiger partial charge in [0.25, 0.3) is 0 Å². The summed E-state index contributed by atoms with van der Waals surface area (Å²) >= 11 is 0. The lowest BCUT2D eigenvalue weighted by Crippen LogP contribution is -2.34. The zero-order valence-electron chi connectivity index (χ0n) is 13.0. The maximum absolute atomic E-state index is 12.0. The summed E-state index contributed by atoms with van der Waals surface area (Å²) in [5.41, 5.74) is 0.605. The van der Waals surface area contributed by atoms with E-state index in [1.54, 1.807) is 19.1 Å². The first-order valence-electron chi connectivity index (χ1n) is 7.14. The van der Waals surface area contributed by atoms with Crippen molar-refractivity contribution in [2.45, 2.75) is 19.4 Å². The van der Waals surface area contributed by atoms with E-state index in [-0.39, 0.29) is 6.61 Å². The van der Waals surface area contributed by atoms with Gasteiger partial charge >= 0.3 is 5.97 Å². The van der Waals surface area contributed by atoms with Gasteiger partial charge in [-0.15, -0.1) is 0 Å². The fourth-order valence-electron chi connectivity index (χ4n) is 2.29. The van der Waals surface area contributed by atoms with E-state index >= 15 is 0 Å². The van der Waals surface area contributed by atoms with E-state index < -0.39 is 11.6 Å². The van der Waals surface area contributed by atoms with Crippen LogP contribution < -0.4 is 4.74 Å². The van der Waals surface area contributed by atoms with Crippen molar-refractivity contribution in [1.82, 2.24) is 0 Å². The van der Waals surface area contributed by atoms with Gasteiger partial charge in [0.2, 0.25) is 0 Å². The van der Waals surface area contributed by atoms with Crippen molar-refractivity contribution in [3.8, 4) is 16.9 Å². The Hall–Kier alpha value is -2.33. The molecule has 0 aliphatic carbocycles. The van der Waals surface area contributed by atoms with Crippen LogP contribution in [-0.4, -0.2) is 24.8 Å². The molecule has 2 aromatic rings. The normalized spacial score (nSPS) is 13.3. The third-order valence-electron chi connectivity index (χ3n) is 3.51. The largest absolute Gasteiger partial charge is 0.496 e. The fraction of sp³-hybridized carbons (Fsp3) is 0.278. The number of esters is 1. The monoisotopic (exact) mass is 300 g/mol. The van der Waals surface area contributed by atoms with Crippen LogP contribution in [0.2, 0.25) is 0 Å². The van der Waals surface area contributed by atoms with Crippen molar-refractivity contribution < 1.29 is 19.4 Å². The average molecular weight is 300 g/mol. The minimum atomic E-state index is -1.75. The molecule has 2 rings (SSSR count). The van der Waals surface area contributed by atoms with Gasteiger partial charge in [0.05, 0.1) is 13.7 Å². The third kappa shape index (κ3) is 3.12. The lowest BCUT2D eigenvalue weighted by Gasteiger charge is -2.24. The molecule has 0 heterocycles. The lowest BCUT2D eigenvalue weighted by atomic mass is 9.92. The first kappa shape index (κ1) is 16.0. The van der Waals surface area contributed by atoms with Crippen LogP contribution in [-0.2, 0) is 15.1 Å². The zero-order chi connectivity index (χ0) is 16.2. The van der Waals surface area contributed by atoms with E-state index in [0.717, 1.165) is 11.1 Å². The summed E-state index contributed by atoms with van der Waals surface area (Å²) in [5, 5.41) is 10.5. The van der Waals surface area contributed by atoms with Gasteiger partial charge in [0.1, 0.15) is 5.75 Å². The summed E-state index contributed by atoms with van der Waals surface area (Å²) in [6.07, 6.45) is 0. The van der Waals surface area contributed by atoms with Crippen molar-refractivity contribution in [3.05, 3.63) is 54.1 Å². The van der Waals surface area contributed by atoms with Crippen LogP contribution in [0.5, 0.6) is 5.75 Å². The minimum absolute atomic E-state index is 0.208. The number of methoxy groups -OCH3 is 1. The van der Waals surface area contributed by atoms with E-state index in [9.17, 15) is 9.90 Å². The first-order valence-corrected chi connectivity index (χ1v) is 7.14. The van der Waals surface area contributed by atoms with Crippen molar-refractivity contribution in [1.29, 1.82) is 0 Å². The number of aliphatic hydroxyl groups is 1. The number of hydrogen-bond acceptors (Lipinski definition) is 4. The van der Waals surface area contributed by atoms with Gasteiger partial charge in [-0.3, -0.25) is 0 Å². The number of hydrogen-bond donors (Lipinski definition) is 1. The molecule has 0 radical (unpaired) electrons. The Morgan fingerprint density at radius 1 is 1.14 bits per heavy atom. The summed E-state index contributed by atoms with van der Waals surface area (Å²) in [7, 11) is 1.51. The van der Waals surface area contributed by atoms with Gasteiger partial charge in [-0.1, -0.05) is 42.5 Å². The Kier molecular flexibility index (Phi) is 4.83. The van der Waals surface area contributed by atoms with Crippen LogP contribution in [0.15, 0.2) is 48.5 Å². The lowest BCUT2D eigenvalue weighted by molar-refractivity contribution is -0.164. The van der Waals surface area contributed by atoms with E-state index in [4.69, 9.17) is 9.47 Å². The summed E-state index contributed by atoms with van der Waals surface area (Å²) < 4.78 is 10.3. The van der Waals surface area contributed by atoms with Crippen molar-refractivity contribution in [2.24, 2.45) is 0 Å². The van der Waals surface area contributed by atoms with Crippen LogP contribution in [0.1, 0.15) is 19.4 Å². The third-order valence-corrected chi connectivity index (χ3v) is 3.51. The van der Waals surface area contributed by atoms with Gasteiger partial charge in [0.15, 0.2) is 5.60 Å². The molecule has 4 heteroatoms. The maximum Gasteiger partial charge on any atom is 0.342 e. The predicted octanol–water partition coefficient (Wildman–Crippen LogP) is 3.13. The Bertz CT molecular complexity index is 647. The number of benzene rings is 2. The molecule has 0 fully saturated rings. The highest BCUT2D eigenvalue weighted by Gasteiger charge is 2.36. The average Bonchev–Trinajstić information content (AvgIpc) is 2.55. The van der Waals surface area contributed by atoms with Crippen LogP contribution in [0, 0.1) is 0 Å².